The van der Waals surface area contributed by atoms with Gasteiger partial charge in [0.2, 0.25) is 0 Å². The minimum atomic E-state index is -0.754. The van der Waals surface area contributed by atoms with E-state index in [0.29, 0.717) is 11.3 Å². The van der Waals surface area contributed by atoms with Crippen molar-refractivity contribution in [2.75, 3.05) is 14.2 Å². The van der Waals surface area contributed by atoms with Gasteiger partial charge < -0.3 is 14.2 Å². The summed E-state index contributed by atoms with van der Waals surface area (Å²) in [6.45, 7) is 5.18. The minimum absolute atomic E-state index is 0.183. The molecule has 1 aromatic carbocycles. The molecule has 5 heteroatoms. The van der Waals surface area contributed by atoms with Crippen molar-refractivity contribution < 1.29 is 23.8 Å². The van der Waals surface area contributed by atoms with Crippen molar-refractivity contribution in [3.63, 3.8) is 0 Å². The number of methoxy groups -OCH3 is 2. The molecule has 0 atom stereocenters. The Balaban J connectivity index is 3.22. The van der Waals surface area contributed by atoms with Crippen LogP contribution in [0.1, 0.15) is 26.3 Å². The maximum Gasteiger partial charge on any atom is 0.346 e. The molecule has 0 aliphatic heterocycles. The van der Waals surface area contributed by atoms with Gasteiger partial charge in [0.05, 0.1) is 14.2 Å². The SMILES string of the molecule is COC(=O)C(=Cc1ccccc1OC)C(=O)OC(C)(C)C. The number of ether oxygens (including phenoxy) is 3. The zero-order valence-corrected chi connectivity index (χ0v) is 12.9. The van der Waals surface area contributed by atoms with Gasteiger partial charge in [0.25, 0.3) is 0 Å². The van der Waals surface area contributed by atoms with Crippen molar-refractivity contribution in [3.8, 4) is 5.75 Å². The molecule has 0 spiro atoms. The molecule has 114 valence electrons. The second-order valence-corrected chi connectivity index (χ2v) is 5.29. The molecular weight excluding hydrogens is 272 g/mol. The van der Waals surface area contributed by atoms with Crippen LogP contribution in [0, 0.1) is 0 Å². The average Bonchev–Trinajstić information content (AvgIpc) is 2.42. The number of carbonyl (C=O) groups excluding carboxylic acids is 2. The van der Waals surface area contributed by atoms with E-state index in [9.17, 15) is 9.59 Å². The fourth-order valence-corrected chi connectivity index (χ4v) is 1.59. The van der Waals surface area contributed by atoms with Crippen molar-refractivity contribution in [1.82, 2.24) is 0 Å². The highest BCUT2D eigenvalue weighted by Gasteiger charge is 2.25. The molecule has 0 N–H and O–H groups in total. The van der Waals surface area contributed by atoms with Crippen LogP contribution >= 0.6 is 0 Å². The lowest BCUT2D eigenvalue weighted by Gasteiger charge is -2.20. The topological polar surface area (TPSA) is 61.8 Å². The first-order chi connectivity index (χ1) is 9.78. The Morgan fingerprint density at radius 3 is 2.19 bits per heavy atom. The molecule has 0 fully saturated rings. The maximum absolute atomic E-state index is 12.1. The third kappa shape index (κ3) is 4.95. The van der Waals surface area contributed by atoms with E-state index >= 15 is 0 Å². The molecule has 0 aromatic heterocycles. The van der Waals surface area contributed by atoms with Gasteiger partial charge in [-0.3, -0.25) is 0 Å². The van der Waals surface area contributed by atoms with Crippen LogP contribution in [0.5, 0.6) is 5.75 Å². The monoisotopic (exact) mass is 292 g/mol. The van der Waals surface area contributed by atoms with Gasteiger partial charge in [-0.1, -0.05) is 18.2 Å². The molecule has 0 heterocycles. The molecule has 0 saturated heterocycles. The van der Waals surface area contributed by atoms with E-state index in [0.717, 1.165) is 0 Å². The first-order valence-electron chi connectivity index (χ1n) is 6.45. The van der Waals surface area contributed by atoms with Crippen LogP contribution in [0.2, 0.25) is 0 Å². The summed E-state index contributed by atoms with van der Waals surface area (Å²) in [7, 11) is 2.72. The van der Waals surface area contributed by atoms with Crippen LogP contribution in [-0.2, 0) is 19.1 Å². The van der Waals surface area contributed by atoms with E-state index in [4.69, 9.17) is 9.47 Å². The van der Waals surface area contributed by atoms with Crippen LogP contribution in [0.4, 0.5) is 0 Å². The van der Waals surface area contributed by atoms with Crippen LogP contribution in [0.15, 0.2) is 29.8 Å². The predicted molar refractivity (Wildman–Crippen MR) is 78.8 cm³/mol. The van der Waals surface area contributed by atoms with Gasteiger partial charge in [-0.05, 0) is 32.9 Å². The second kappa shape index (κ2) is 6.92. The molecule has 0 aliphatic rings. The summed E-state index contributed by atoms with van der Waals surface area (Å²) in [6, 6.07) is 7.03. The number of carbonyl (C=O) groups is 2. The molecule has 0 amide bonds. The Hall–Kier alpha value is -2.30. The Bertz CT molecular complexity index is 552. The lowest BCUT2D eigenvalue weighted by atomic mass is 10.1. The van der Waals surface area contributed by atoms with E-state index in [1.807, 2.05) is 0 Å². The first kappa shape index (κ1) is 16.8. The van der Waals surface area contributed by atoms with Crippen LogP contribution in [-0.4, -0.2) is 31.8 Å². The zero-order chi connectivity index (χ0) is 16.0. The lowest BCUT2D eigenvalue weighted by molar-refractivity contribution is -0.153. The molecule has 1 aromatic rings. The average molecular weight is 292 g/mol. The molecular formula is C16H20O5. The summed E-state index contributed by atoms with van der Waals surface area (Å²) >= 11 is 0. The second-order valence-electron chi connectivity index (χ2n) is 5.29. The summed E-state index contributed by atoms with van der Waals surface area (Å²) in [6.07, 6.45) is 1.40. The first-order valence-corrected chi connectivity index (χ1v) is 6.45. The van der Waals surface area contributed by atoms with Crippen LogP contribution in [0.25, 0.3) is 6.08 Å². The van der Waals surface area contributed by atoms with Gasteiger partial charge >= 0.3 is 11.9 Å². The predicted octanol–water partition coefficient (Wildman–Crippen LogP) is 2.59. The van der Waals surface area contributed by atoms with Gasteiger partial charge in [0, 0.05) is 5.56 Å². The Morgan fingerprint density at radius 1 is 1.05 bits per heavy atom. The molecule has 5 nitrogen and oxygen atoms in total. The van der Waals surface area contributed by atoms with E-state index in [1.54, 1.807) is 45.0 Å². The fraction of sp³-hybridized carbons (Fsp3) is 0.375. The quantitative estimate of drug-likeness (QED) is 0.369. The van der Waals surface area contributed by atoms with Gasteiger partial charge in [0.15, 0.2) is 0 Å². The summed E-state index contributed by atoms with van der Waals surface area (Å²) in [4.78, 5) is 23.9. The highest BCUT2D eigenvalue weighted by molar-refractivity contribution is 6.17. The van der Waals surface area contributed by atoms with E-state index in [1.165, 1.54) is 20.3 Å². The minimum Gasteiger partial charge on any atom is -0.496 e. The van der Waals surface area contributed by atoms with E-state index < -0.39 is 17.5 Å². The molecule has 21 heavy (non-hydrogen) atoms. The summed E-state index contributed by atoms with van der Waals surface area (Å²) < 4.78 is 15.1. The lowest BCUT2D eigenvalue weighted by Crippen LogP contribution is -2.27. The van der Waals surface area contributed by atoms with Crippen molar-refractivity contribution in [1.29, 1.82) is 0 Å². The number of esters is 2. The third-order valence-electron chi connectivity index (χ3n) is 2.46. The van der Waals surface area contributed by atoms with Crippen molar-refractivity contribution >= 4 is 18.0 Å². The van der Waals surface area contributed by atoms with Crippen molar-refractivity contribution in [2.24, 2.45) is 0 Å². The molecule has 0 saturated carbocycles. The van der Waals surface area contributed by atoms with Gasteiger partial charge in [-0.25, -0.2) is 9.59 Å². The van der Waals surface area contributed by atoms with Crippen molar-refractivity contribution in [3.05, 3.63) is 35.4 Å². The summed E-state index contributed by atoms with van der Waals surface area (Å²) in [5.41, 5.74) is -0.298. The highest BCUT2D eigenvalue weighted by Crippen LogP contribution is 2.22. The number of rotatable bonds is 4. The molecule has 1 rings (SSSR count). The number of benzene rings is 1. The van der Waals surface area contributed by atoms with Gasteiger partial charge in [0.1, 0.15) is 16.9 Å². The van der Waals surface area contributed by atoms with Gasteiger partial charge in [-0.2, -0.15) is 0 Å². The summed E-state index contributed by atoms with van der Waals surface area (Å²) in [5.74, 6) is -0.946. The largest absolute Gasteiger partial charge is 0.496 e. The molecule has 0 unspecified atom stereocenters. The molecule has 0 aliphatic carbocycles. The maximum atomic E-state index is 12.1. The molecule has 0 bridgehead atoms. The standard InChI is InChI=1S/C16H20O5/c1-16(2,3)21-15(18)12(14(17)20-5)10-11-8-6-7-9-13(11)19-4/h6-10H,1-5H3. The number of hydrogen-bond acceptors (Lipinski definition) is 5. The fourth-order valence-electron chi connectivity index (χ4n) is 1.59. The Morgan fingerprint density at radius 2 is 1.67 bits per heavy atom. The van der Waals surface area contributed by atoms with Gasteiger partial charge in [-0.15, -0.1) is 0 Å². The van der Waals surface area contributed by atoms with E-state index in [-0.39, 0.29) is 5.57 Å². The molecule has 0 radical (unpaired) electrons. The normalized spacial score (nSPS) is 11.8. The van der Waals surface area contributed by atoms with Crippen LogP contribution < -0.4 is 4.74 Å². The Labute approximate surface area is 124 Å². The summed E-state index contributed by atoms with van der Waals surface area (Å²) in [5, 5.41) is 0. The van der Waals surface area contributed by atoms with Crippen LogP contribution in [0.3, 0.4) is 0 Å². The smallest absolute Gasteiger partial charge is 0.346 e. The van der Waals surface area contributed by atoms with Crippen molar-refractivity contribution in [2.45, 2.75) is 26.4 Å². The Kier molecular flexibility index (Phi) is 5.52. The third-order valence-corrected chi connectivity index (χ3v) is 2.46. The zero-order valence-electron chi connectivity index (χ0n) is 12.9. The highest BCUT2D eigenvalue weighted by atomic mass is 16.6. The number of hydrogen-bond donors (Lipinski definition) is 0. The van der Waals surface area contributed by atoms with E-state index in [2.05, 4.69) is 4.74 Å². The number of para-hydroxylation sites is 1.